The predicted molar refractivity (Wildman–Crippen MR) is 65.8 cm³/mol. The molecule has 0 aliphatic rings. The molecule has 1 amide bonds. The molecule has 0 aliphatic heterocycles. The van der Waals surface area contributed by atoms with Crippen LogP contribution in [0.1, 0.15) is 17.4 Å². The third kappa shape index (κ3) is 3.30. The van der Waals surface area contributed by atoms with Crippen LogP contribution in [-0.2, 0) is 11.8 Å². The Hall–Kier alpha value is -2.38. The van der Waals surface area contributed by atoms with E-state index in [0.717, 1.165) is 0 Å². The van der Waals surface area contributed by atoms with E-state index in [9.17, 15) is 19.7 Å². The predicted octanol–water partition coefficient (Wildman–Crippen LogP) is 0.726. The highest BCUT2D eigenvalue weighted by molar-refractivity contribution is 5.93. The van der Waals surface area contributed by atoms with E-state index in [1.165, 1.54) is 42.7 Å². The highest BCUT2D eigenvalue weighted by Gasteiger charge is 2.23. The van der Waals surface area contributed by atoms with Gasteiger partial charge in [-0.2, -0.15) is 0 Å². The summed E-state index contributed by atoms with van der Waals surface area (Å²) in [6.07, 6.45) is 1.24. The number of aromatic nitrogens is 1. The van der Waals surface area contributed by atoms with Crippen LogP contribution in [0.4, 0.5) is 5.69 Å². The molecule has 1 heterocycles. The number of rotatable bonds is 5. The molecule has 0 radical (unpaired) electrons. The average molecular weight is 269 g/mol. The van der Waals surface area contributed by atoms with Crippen molar-refractivity contribution in [2.24, 2.45) is 13.0 Å². The monoisotopic (exact) mass is 269 g/mol. The summed E-state index contributed by atoms with van der Waals surface area (Å²) in [6.45, 7) is 1.52. The maximum atomic E-state index is 12.0. The second kappa shape index (κ2) is 5.51. The third-order valence-electron chi connectivity index (χ3n) is 2.74. The Morgan fingerprint density at radius 3 is 2.58 bits per heavy atom. The SMILES string of the molecule is CC(CN(C)C(=O)c1cc([N+](=O)[O-])cn1C)C(=O)O. The molecule has 1 aromatic rings. The van der Waals surface area contributed by atoms with Crippen molar-refractivity contribution in [2.45, 2.75) is 6.92 Å². The summed E-state index contributed by atoms with van der Waals surface area (Å²) in [5.74, 6) is -2.16. The zero-order valence-electron chi connectivity index (χ0n) is 10.9. The van der Waals surface area contributed by atoms with Crippen LogP contribution in [0.15, 0.2) is 12.3 Å². The molecule has 1 atom stereocenters. The fourth-order valence-electron chi connectivity index (χ4n) is 1.63. The van der Waals surface area contributed by atoms with Crippen LogP contribution in [0.5, 0.6) is 0 Å². The van der Waals surface area contributed by atoms with Gasteiger partial charge in [0.1, 0.15) is 5.69 Å². The van der Waals surface area contributed by atoms with E-state index in [1.807, 2.05) is 0 Å². The van der Waals surface area contributed by atoms with Gasteiger partial charge in [0.15, 0.2) is 0 Å². The summed E-state index contributed by atoms with van der Waals surface area (Å²) in [5.41, 5.74) is -0.0303. The lowest BCUT2D eigenvalue weighted by atomic mass is 10.1. The Balaban J connectivity index is 2.88. The number of carbonyl (C=O) groups excluding carboxylic acids is 1. The van der Waals surface area contributed by atoms with Crippen LogP contribution in [0.2, 0.25) is 0 Å². The molecule has 19 heavy (non-hydrogen) atoms. The van der Waals surface area contributed by atoms with Crippen LogP contribution in [0.3, 0.4) is 0 Å². The van der Waals surface area contributed by atoms with Gasteiger partial charge in [-0.15, -0.1) is 0 Å². The average Bonchev–Trinajstić information content (AvgIpc) is 2.70. The van der Waals surface area contributed by atoms with Crippen LogP contribution in [0, 0.1) is 16.0 Å². The van der Waals surface area contributed by atoms with Crippen molar-refractivity contribution in [3.8, 4) is 0 Å². The molecule has 1 rings (SSSR count). The van der Waals surface area contributed by atoms with E-state index in [0.29, 0.717) is 0 Å². The maximum Gasteiger partial charge on any atom is 0.308 e. The number of carboxylic acid groups (broad SMARTS) is 1. The van der Waals surface area contributed by atoms with Crippen molar-refractivity contribution < 1.29 is 19.6 Å². The van der Waals surface area contributed by atoms with Crippen molar-refractivity contribution in [3.05, 3.63) is 28.1 Å². The normalized spacial score (nSPS) is 11.9. The number of hydrogen-bond acceptors (Lipinski definition) is 4. The molecule has 0 saturated carbocycles. The van der Waals surface area contributed by atoms with Gasteiger partial charge >= 0.3 is 5.97 Å². The molecule has 1 aromatic heterocycles. The second-order valence-corrected chi connectivity index (χ2v) is 4.38. The summed E-state index contributed by atoms with van der Waals surface area (Å²) in [6, 6.07) is 1.17. The summed E-state index contributed by atoms with van der Waals surface area (Å²) in [7, 11) is 2.98. The zero-order chi connectivity index (χ0) is 14.7. The number of nitro groups is 1. The largest absolute Gasteiger partial charge is 0.481 e. The van der Waals surface area contributed by atoms with Gasteiger partial charge in [-0.05, 0) is 0 Å². The van der Waals surface area contributed by atoms with E-state index >= 15 is 0 Å². The lowest BCUT2D eigenvalue weighted by Crippen LogP contribution is -2.34. The first-order valence-electron chi connectivity index (χ1n) is 5.53. The smallest absolute Gasteiger partial charge is 0.308 e. The van der Waals surface area contributed by atoms with E-state index in [1.54, 1.807) is 0 Å². The molecule has 1 N–H and O–H groups in total. The van der Waals surface area contributed by atoms with Crippen LogP contribution < -0.4 is 0 Å². The van der Waals surface area contributed by atoms with Crippen molar-refractivity contribution in [2.75, 3.05) is 13.6 Å². The van der Waals surface area contributed by atoms with Gasteiger partial charge in [-0.1, -0.05) is 6.92 Å². The third-order valence-corrected chi connectivity index (χ3v) is 2.74. The first-order valence-corrected chi connectivity index (χ1v) is 5.53. The lowest BCUT2D eigenvalue weighted by Gasteiger charge is -2.19. The molecule has 0 saturated heterocycles. The Morgan fingerprint density at radius 1 is 1.58 bits per heavy atom. The fourth-order valence-corrected chi connectivity index (χ4v) is 1.63. The van der Waals surface area contributed by atoms with Crippen molar-refractivity contribution >= 4 is 17.6 Å². The quantitative estimate of drug-likeness (QED) is 0.626. The first kappa shape index (κ1) is 14.7. The van der Waals surface area contributed by atoms with Gasteiger partial charge in [-0.3, -0.25) is 19.7 Å². The Bertz CT molecular complexity index is 522. The van der Waals surface area contributed by atoms with Gasteiger partial charge in [0, 0.05) is 26.7 Å². The van der Waals surface area contributed by atoms with Crippen molar-refractivity contribution in [1.82, 2.24) is 9.47 Å². The number of carboxylic acids is 1. The maximum absolute atomic E-state index is 12.0. The van der Waals surface area contributed by atoms with E-state index in [4.69, 9.17) is 5.11 Å². The van der Waals surface area contributed by atoms with Gasteiger partial charge in [0.05, 0.1) is 17.0 Å². The molecule has 1 unspecified atom stereocenters. The number of aryl methyl sites for hydroxylation is 1. The minimum absolute atomic E-state index is 0.0349. The van der Waals surface area contributed by atoms with Gasteiger partial charge in [0.25, 0.3) is 11.6 Å². The molecule has 0 aliphatic carbocycles. The summed E-state index contributed by atoms with van der Waals surface area (Å²) in [4.78, 5) is 34.0. The molecule has 104 valence electrons. The zero-order valence-corrected chi connectivity index (χ0v) is 10.9. The van der Waals surface area contributed by atoms with Crippen LogP contribution in [-0.4, -0.2) is 45.0 Å². The fraction of sp³-hybridized carbons (Fsp3) is 0.455. The minimum Gasteiger partial charge on any atom is -0.481 e. The molecule has 0 aromatic carbocycles. The molecular weight excluding hydrogens is 254 g/mol. The Kier molecular flexibility index (Phi) is 4.26. The van der Waals surface area contributed by atoms with Gasteiger partial charge in [-0.25, -0.2) is 0 Å². The lowest BCUT2D eigenvalue weighted by molar-refractivity contribution is -0.384. The molecular formula is C11H15N3O5. The molecule has 8 heteroatoms. The molecule has 0 spiro atoms. The highest BCUT2D eigenvalue weighted by atomic mass is 16.6. The molecule has 8 nitrogen and oxygen atoms in total. The Labute approximate surface area is 109 Å². The highest BCUT2D eigenvalue weighted by Crippen LogP contribution is 2.16. The van der Waals surface area contributed by atoms with E-state index < -0.39 is 22.7 Å². The standard InChI is InChI=1S/C11H15N3O5/c1-7(11(16)17)5-13(3)10(15)9-4-8(14(18)19)6-12(9)2/h4,6-7H,5H2,1-3H3,(H,16,17). The van der Waals surface area contributed by atoms with Crippen LogP contribution in [0.25, 0.3) is 0 Å². The second-order valence-electron chi connectivity index (χ2n) is 4.38. The van der Waals surface area contributed by atoms with Crippen LogP contribution >= 0.6 is 0 Å². The number of nitrogens with zero attached hydrogens (tertiary/aromatic N) is 3. The Morgan fingerprint density at radius 2 is 2.16 bits per heavy atom. The molecule has 0 bridgehead atoms. The van der Waals surface area contributed by atoms with Gasteiger partial charge in [0.2, 0.25) is 0 Å². The number of amides is 1. The topological polar surface area (TPSA) is 106 Å². The van der Waals surface area contributed by atoms with E-state index in [-0.39, 0.29) is 17.9 Å². The van der Waals surface area contributed by atoms with Gasteiger partial charge < -0.3 is 14.6 Å². The summed E-state index contributed by atoms with van der Waals surface area (Å²) < 4.78 is 1.35. The van der Waals surface area contributed by atoms with E-state index in [2.05, 4.69) is 0 Å². The number of hydrogen-bond donors (Lipinski definition) is 1. The number of carbonyl (C=O) groups is 2. The first-order chi connectivity index (χ1) is 8.73. The molecule has 0 fully saturated rings. The number of aliphatic carboxylic acids is 1. The van der Waals surface area contributed by atoms with Crippen molar-refractivity contribution in [1.29, 1.82) is 0 Å². The summed E-state index contributed by atoms with van der Waals surface area (Å²) in [5, 5.41) is 19.4. The minimum atomic E-state index is -1.00. The van der Waals surface area contributed by atoms with Crippen molar-refractivity contribution in [3.63, 3.8) is 0 Å². The summed E-state index contributed by atoms with van der Waals surface area (Å²) >= 11 is 0.